The van der Waals surface area contributed by atoms with Crippen LogP contribution in [0.4, 0.5) is 51.2 Å². The third kappa shape index (κ3) is 5.90. The molecule has 2 aliphatic heterocycles. The Balaban J connectivity index is 1.27. The summed E-state index contributed by atoms with van der Waals surface area (Å²) < 4.78 is 0. The first kappa shape index (κ1) is 35.8. The summed E-state index contributed by atoms with van der Waals surface area (Å²) in [6, 6.07) is 78.3. The lowest BCUT2D eigenvalue weighted by molar-refractivity contribution is 0.590. The van der Waals surface area contributed by atoms with E-state index in [4.69, 9.17) is 0 Å². The third-order valence-corrected chi connectivity index (χ3v) is 12.3. The summed E-state index contributed by atoms with van der Waals surface area (Å²) in [5.74, 6) is 0. The topological polar surface area (TPSA) is 9.72 Å². The molecule has 0 radical (unpaired) electrons. The van der Waals surface area contributed by atoms with Crippen LogP contribution in [0.5, 0.6) is 0 Å². The molecule has 0 aromatic heterocycles. The summed E-state index contributed by atoms with van der Waals surface area (Å²) >= 11 is 0. The minimum atomic E-state index is 0.0136. The maximum absolute atomic E-state index is 2.50. The van der Waals surface area contributed by atoms with Crippen molar-refractivity contribution >= 4 is 85.1 Å². The molecule has 0 fully saturated rings. The fourth-order valence-corrected chi connectivity index (χ4v) is 9.52. The van der Waals surface area contributed by atoms with E-state index in [2.05, 4.69) is 248 Å². The second-order valence-electron chi connectivity index (χ2n) is 17.0. The highest BCUT2D eigenvalue weighted by atomic mass is 15.2. The molecule has 2 heterocycles. The molecule has 9 aromatic carbocycles. The first-order valence-corrected chi connectivity index (χ1v) is 21.0. The van der Waals surface area contributed by atoms with Crippen LogP contribution in [0.3, 0.4) is 0 Å². The maximum Gasteiger partial charge on any atom is 0.252 e. The molecule has 3 nitrogen and oxygen atoms in total. The van der Waals surface area contributed by atoms with Crippen LogP contribution in [-0.2, 0) is 5.41 Å². The van der Waals surface area contributed by atoms with Crippen LogP contribution in [0, 0.1) is 0 Å². The van der Waals surface area contributed by atoms with Gasteiger partial charge in [0.05, 0.1) is 11.4 Å². The predicted molar refractivity (Wildman–Crippen MR) is 257 cm³/mol. The molecular formula is C56H44BN3. The zero-order valence-corrected chi connectivity index (χ0v) is 34.1. The highest BCUT2D eigenvalue weighted by Crippen LogP contribution is 2.50. The average molecular weight is 770 g/mol. The van der Waals surface area contributed by atoms with Gasteiger partial charge in [0.25, 0.3) is 6.71 Å². The highest BCUT2D eigenvalue weighted by molar-refractivity contribution is 7.00. The van der Waals surface area contributed by atoms with Crippen molar-refractivity contribution in [2.75, 3.05) is 14.7 Å². The van der Waals surface area contributed by atoms with E-state index < -0.39 is 0 Å². The van der Waals surface area contributed by atoms with E-state index in [1.165, 1.54) is 66.6 Å². The molecular weight excluding hydrogens is 725 g/mol. The fourth-order valence-electron chi connectivity index (χ4n) is 9.52. The van der Waals surface area contributed by atoms with Gasteiger partial charge in [-0.2, -0.15) is 0 Å². The normalized spacial score (nSPS) is 12.8. The molecule has 11 rings (SSSR count). The number of rotatable bonds is 6. The molecule has 0 N–H and O–H groups in total. The van der Waals surface area contributed by atoms with Crippen molar-refractivity contribution in [2.45, 2.75) is 26.2 Å². The first-order valence-electron chi connectivity index (χ1n) is 21.0. The van der Waals surface area contributed by atoms with Gasteiger partial charge >= 0.3 is 0 Å². The van der Waals surface area contributed by atoms with Gasteiger partial charge in [0.1, 0.15) is 0 Å². The van der Waals surface area contributed by atoms with Crippen molar-refractivity contribution in [3.8, 4) is 11.1 Å². The smallest absolute Gasteiger partial charge is 0.252 e. The van der Waals surface area contributed by atoms with Crippen molar-refractivity contribution in [1.29, 1.82) is 0 Å². The van der Waals surface area contributed by atoms with E-state index in [1.807, 2.05) is 0 Å². The summed E-state index contributed by atoms with van der Waals surface area (Å²) in [6.45, 7) is 6.89. The van der Waals surface area contributed by atoms with Gasteiger partial charge in [-0.05, 0) is 116 Å². The van der Waals surface area contributed by atoms with Gasteiger partial charge in [0.2, 0.25) is 0 Å². The van der Waals surface area contributed by atoms with Crippen molar-refractivity contribution in [3.63, 3.8) is 0 Å². The van der Waals surface area contributed by atoms with Gasteiger partial charge in [-0.3, -0.25) is 0 Å². The summed E-state index contributed by atoms with van der Waals surface area (Å²) in [7, 11) is 0. The quantitative estimate of drug-likeness (QED) is 0.156. The van der Waals surface area contributed by atoms with Crippen LogP contribution < -0.4 is 31.1 Å². The van der Waals surface area contributed by atoms with E-state index in [9.17, 15) is 0 Å². The molecule has 4 heteroatoms. The maximum atomic E-state index is 2.50. The van der Waals surface area contributed by atoms with Crippen LogP contribution in [0.2, 0.25) is 0 Å². The van der Waals surface area contributed by atoms with E-state index in [0.717, 1.165) is 28.4 Å². The lowest BCUT2D eigenvalue weighted by atomic mass is 9.33. The van der Waals surface area contributed by atoms with Gasteiger partial charge in [0, 0.05) is 45.4 Å². The van der Waals surface area contributed by atoms with E-state index in [1.54, 1.807) is 0 Å². The van der Waals surface area contributed by atoms with Crippen molar-refractivity contribution in [2.24, 2.45) is 0 Å². The Labute approximate surface area is 353 Å². The minimum Gasteiger partial charge on any atom is -0.311 e. The first-order chi connectivity index (χ1) is 29.4. The monoisotopic (exact) mass is 769 g/mol. The van der Waals surface area contributed by atoms with Crippen LogP contribution in [0.1, 0.15) is 26.3 Å². The molecule has 0 aliphatic carbocycles. The number of para-hydroxylation sites is 4. The largest absolute Gasteiger partial charge is 0.311 e. The van der Waals surface area contributed by atoms with Crippen LogP contribution in [0.25, 0.3) is 21.9 Å². The number of hydrogen-bond acceptors (Lipinski definition) is 3. The Morgan fingerprint density at radius 3 is 1.42 bits per heavy atom. The van der Waals surface area contributed by atoms with Crippen LogP contribution in [-0.4, -0.2) is 6.71 Å². The molecule has 60 heavy (non-hydrogen) atoms. The Morgan fingerprint density at radius 1 is 0.417 bits per heavy atom. The van der Waals surface area contributed by atoms with E-state index in [-0.39, 0.29) is 12.1 Å². The lowest BCUT2D eigenvalue weighted by Gasteiger charge is -2.45. The second-order valence-corrected chi connectivity index (χ2v) is 17.0. The van der Waals surface area contributed by atoms with E-state index in [0.29, 0.717) is 0 Å². The molecule has 9 aromatic rings. The fraction of sp³-hybridized carbons (Fsp3) is 0.0714. The molecule has 0 spiro atoms. The average Bonchev–Trinajstić information content (AvgIpc) is 3.29. The summed E-state index contributed by atoms with van der Waals surface area (Å²) in [5, 5.41) is 2.41. The Morgan fingerprint density at radius 2 is 0.883 bits per heavy atom. The third-order valence-electron chi connectivity index (χ3n) is 12.3. The van der Waals surface area contributed by atoms with Crippen molar-refractivity contribution < 1.29 is 0 Å². The molecule has 0 atom stereocenters. The number of anilines is 9. The van der Waals surface area contributed by atoms with Crippen molar-refractivity contribution in [1.82, 2.24) is 0 Å². The molecule has 0 saturated carbocycles. The minimum absolute atomic E-state index is 0.0136. The van der Waals surface area contributed by atoms with Gasteiger partial charge in [-0.25, -0.2) is 0 Å². The van der Waals surface area contributed by atoms with Gasteiger partial charge in [-0.15, -0.1) is 0 Å². The number of benzene rings is 9. The summed E-state index contributed by atoms with van der Waals surface area (Å²) in [6.07, 6.45) is 0. The zero-order valence-electron chi connectivity index (χ0n) is 34.1. The van der Waals surface area contributed by atoms with Gasteiger partial charge in [-0.1, -0.05) is 160 Å². The molecule has 0 bridgehead atoms. The van der Waals surface area contributed by atoms with Gasteiger partial charge < -0.3 is 14.7 Å². The zero-order chi connectivity index (χ0) is 40.4. The number of fused-ring (bicyclic) bond motifs is 5. The SMILES string of the molecule is CC(C)(C)c1ccc(N(c2cc3c4c(c2)N(c2ccccc2)c2ccccc2B4c2ccccc2N3c2ccccc2)c2cc3ccccc3cc2-c2ccccc2)cc1. The highest BCUT2D eigenvalue weighted by Gasteiger charge is 2.43. The molecule has 0 unspecified atom stereocenters. The molecule has 0 saturated heterocycles. The molecule has 286 valence electrons. The van der Waals surface area contributed by atoms with Crippen LogP contribution >= 0.6 is 0 Å². The predicted octanol–water partition coefficient (Wildman–Crippen LogP) is 13.4. The van der Waals surface area contributed by atoms with Crippen molar-refractivity contribution in [3.05, 3.63) is 218 Å². The number of nitrogens with zero attached hydrogens (tertiary/aromatic N) is 3. The number of hydrogen-bond donors (Lipinski definition) is 0. The second kappa shape index (κ2) is 14.2. The Bertz CT molecular complexity index is 2920. The standard InChI is InChI=1S/C56H44BN3/c1-56(2,3)42-31-33-45(34-32-42)58(52-36-41-22-14-13-21-40(41)35-47(52)39-19-7-4-8-20-39)46-37-53-55-54(38-46)60(44-25-11-6-12-26-44)51-30-18-16-28-49(51)57(55)48-27-15-17-29-50(48)59(53)43-23-9-5-10-24-43/h4-38H,1-3H3. The Kier molecular flexibility index (Phi) is 8.49. The Hall–Kier alpha value is -7.30. The molecule has 0 amide bonds. The summed E-state index contributed by atoms with van der Waals surface area (Å²) in [5.41, 5.74) is 17.9. The van der Waals surface area contributed by atoms with E-state index >= 15 is 0 Å². The van der Waals surface area contributed by atoms with Crippen LogP contribution in [0.15, 0.2) is 212 Å². The van der Waals surface area contributed by atoms with Gasteiger partial charge in [0.15, 0.2) is 0 Å². The lowest BCUT2D eigenvalue weighted by Crippen LogP contribution is -2.61. The molecule has 2 aliphatic rings. The summed E-state index contributed by atoms with van der Waals surface area (Å²) in [4.78, 5) is 7.48.